The van der Waals surface area contributed by atoms with Gasteiger partial charge in [0.1, 0.15) is 22.9 Å². The maximum atomic E-state index is 13.1. The maximum absolute atomic E-state index is 13.1. The summed E-state index contributed by atoms with van der Waals surface area (Å²) in [6, 6.07) is 5.47. The lowest BCUT2D eigenvalue weighted by Crippen LogP contribution is -2.69. The topological polar surface area (TPSA) is 65.5 Å². The fourth-order valence-electron chi connectivity index (χ4n) is 3.96. The van der Waals surface area contributed by atoms with Crippen molar-refractivity contribution in [3.8, 4) is 11.3 Å². The molecule has 0 spiro atoms. The van der Waals surface area contributed by atoms with Crippen molar-refractivity contribution in [3.63, 3.8) is 0 Å². The van der Waals surface area contributed by atoms with Crippen LogP contribution in [0, 0.1) is 11.7 Å². The van der Waals surface area contributed by atoms with E-state index in [2.05, 4.69) is 29.0 Å². The highest BCUT2D eigenvalue weighted by molar-refractivity contribution is 7.09. The predicted molar refractivity (Wildman–Crippen MR) is 110 cm³/mol. The van der Waals surface area contributed by atoms with Gasteiger partial charge < -0.3 is 10.2 Å². The first kappa shape index (κ1) is 20.0. The fourth-order valence-corrected chi connectivity index (χ4v) is 4.80. The highest BCUT2D eigenvalue weighted by atomic mass is 32.1. The molecule has 2 aromatic rings. The molecule has 2 atom stereocenters. The first-order valence-corrected chi connectivity index (χ1v) is 10.8. The summed E-state index contributed by atoms with van der Waals surface area (Å²) in [5, 5.41) is 5.82. The third-order valence-corrected chi connectivity index (χ3v) is 6.26. The number of halogens is 1. The van der Waals surface area contributed by atoms with Gasteiger partial charge in [0.25, 0.3) is 0 Å². The Morgan fingerprint density at radius 1 is 1.24 bits per heavy atom. The number of hydrogen-bond donors (Lipinski definition) is 1. The molecule has 2 amide bonds. The number of carbonyl (C=O) groups excluding carboxylic acids is 2. The zero-order valence-electron chi connectivity index (χ0n) is 16.6. The minimum absolute atomic E-state index is 0.0378. The number of thiazole rings is 1. The average Bonchev–Trinajstić information content (AvgIpc) is 3.14. The van der Waals surface area contributed by atoms with Crippen molar-refractivity contribution in [2.75, 3.05) is 19.6 Å². The quantitative estimate of drug-likeness (QED) is 0.814. The van der Waals surface area contributed by atoms with Gasteiger partial charge in [-0.2, -0.15) is 0 Å². The highest BCUT2D eigenvalue weighted by Crippen LogP contribution is 2.25. The number of piperazine rings is 2. The average molecular weight is 417 g/mol. The first-order valence-electron chi connectivity index (χ1n) is 9.94. The molecule has 4 rings (SSSR count). The van der Waals surface area contributed by atoms with E-state index in [1.807, 2.05) is 5.38 Å². The maximum Gasteiger partial charge on any atom is 0.245 e. The molecule has 1 aromatic carbocycles. The SMILES string of the molecule is CC(C)C[C@H]1NC(=O)[C@H]2CN(Cc3nc(-c4ccc(F)cc4)cs3)CCN2C1=O. The Balaban J connectivity index is 1.40. The third kappa shape index (κ3) is 4.33. The van der Waals surface area contributed by atoms with Crippen LogP contribution < -0.4 is 5.32 Å². The van der Waals surface area contributed by atoms with Crippen LogP contribution in [-0.2, 0) is 16.1 Å². The second-order valence-corrected chi connectivity index (χ2v) is 9.05. The molecule has 154 valence electrons. The van der Waals surface area contributed by atoms with E-state index in [1.54, 1.807) is 28.4 Å². The molecule has 8 heteroatoms. The smallest absolute Gasteiger partial charge is 0.245 e. The van der Waals surface area contributed by atoms with Crippen LogP contribution in [0.2, 0.25) is 0 Å². The minimum Gasteiger partial charge on any atom is -0.342 e. The molecule has 3 heterocycles. The largest absolute Gasteiger partial charge is 0.342 e. The minimum atomic E-state index is -0.434. The number of aromatic nitrogens is 1. The number of benzene rings is 1. The van der Waals surface area contributed by atoms with Crippen LogP contribution in [0.15, 0.2) is 29.6 Å². The van der Waals surface area contributed by atoms with Crippen molar-refractivity contribution in [1.29, 1.82) is 0 Å². The number of nitrogens with one attached hydrogen (secondary N) is 1. The number of carbonyl (C=O) groups is 2. The summed E-state index contributed by atoms with van der Waals surface area (Å²) in [6.07, 6.45) is 0.669. The number of amides is 2. The summed E-state index contributed by atoms with van der Waals surface area (Å²) < 4.78 is 13.1. The first-order chi connectivity index (χ1) is 13.9. The Kier molecular flexibility index (Phi) is 5.65. The molecule has 6 nitrogen and oxygen atoms in total. The molecule has 2 fully saturated rings. The summed E-state index contributed by atoms with van der Waals surface area (Å²) in [5.41, 5.74) is 1.71. The normalized spacial score (nSPS) is 22.7. The zero-order valence-corrected chi connectivity index (χ0v) is 17.4. The molecule has 29 heavy (non-hydrogen) atoms. The van der Waals surface area contributed by atoms with Crippen molar-refractivity contribution >= 4 is 23.2 Å². The standard InChI is InChI=1S/C21H25FN4O2S/c1-13(2)9-16-21(28)26-8-7-25(10-18(26)20(27)24-16)11-19-23-17(12-29-19)14-3-5-15(22)6-4-14/h3-6,12-13,16,18H,7-11H2,1-2H3,(H,24,27)/t16-,18-/m1/s1. The Labute approximate surface area is 173 Å². The van der Waals surface area contributed by atoms with Gasteiger partial charge in [0.2, 0.25) is 11.8 Å². The summed E-state index contributed by atoms with van der Waals surface area (Å²) in [7, 11) is 0. The third-order valence-electron chi connectivity index (χ3n) is 5.42. The van der Waals surface area contributed by atoms with E-state index >= 15 is 0 Å². The Bertz CT molecular complexity index is 898. The Morgan fingerprint density at radius 3 is 2.72 bits per heavy atom. The van der Waals surface area contributed by atoms with Crippen LogP contribution >= 0.6 is 11.3 Å². The van der Waals surface area contributed by atoms with Crippen molar-refractivity contribution in [1.82, 2.24) is 20.1 Å². The lowest BCUT2D eigenvalue weighted by atomic mass is 9.97. The van der Waals surface area contributed by atoms with Gasteiger partial charge in [0.05, 0.1) is 12.2 Å². The molecule has 2 aliphatic rings. The zero-order chi connectivity index (χ0) is 20.5. The summed E-state index contributed by atoms with van der Waals surface area (Å²) in [4.78, 5) is 33.9. The Hall–Kier alpha value is -2.32. The number of hydrogen-bond acceptors (Lipinski definition) is 5. The monoisotopic (exact) mass is 416 g/mol. The van der Waals surface area contributed by atoms with Gasteiger partial charge in [-0.05, 0) is 36.6 Å². The lowest BCUT2D eigenvalue weighted by molar-refractivity contribution is -0.153. The van der Waals surface area contributed by atoms with Crippen LogP contribution in [-0.4, -0.2) is 58.3 Å². The molecule has 0 bridgehead atoms. The molecular weight excluding hydrogens is 391 g/mol. The fraction of sp³-hybridized carbons (Fsp3) is 0.476. The van der Waals surface area contributed by atoms with E-state index in [9.17, 15) is 14.0 Å². The molecule has 0 saturated carbocycles. The lowest BCUT2D eigenvalue weighted by Gasteiger charge is -2.45. The molecule has 0 unspecified atom stereocenters. The molecule has 0 aliphatic carbocycles. The van der Waals surface area contributed by atoms with Crippen molar-refractivity contribution in [3.05, 3.63) is 40.5 Å². The molecule has 1 aromatic heterocycles. The highest BCUT2D eigenvalue weighted by Gasteiger charge is 2.43. The van der Waals surface area contributed by atoms with Crippen LogP contribution in [0.1, 0.15) is 25.3 Å². The van der Waals surface area contributed by atoms with Crippen LogP contribution in [0.3, 0.4) is 0 Å². The van der Waals surface area contributed by atoms with Gasteiger partial charge in [-0.3, -0.25) is 14.5 Å². The molecule has 0 radical (unpaired) electrons. The molecule has 1 N–H and O–H groups in total. The number of nitrogens with zero attached hydrogens (tertiary/aromatic N) is 3. The predicted octanol–water partition coefficient (Wildman–Crippen LogP) is 2.51. The molecular formula is C21H25FN4O2S. The van der Waals surface area contributed by atoms with Gasteiger partial charge in [-0.25, -0.2) is 9.37 Å². The van der Waals surface area contributed by atoms with Gasteiger partial charge in [0, 0.05) is 30.6 Å². The van der Waals surface area contributed by atoms with E-state index in [1.165, 1.54) is 12.1 Å². The van der Waals surface area contributed by atoms with Gasteiger partial charge >= 0.3 is 0 Å². The van der Waals surface area contributed by atoms with Crippen LogP contribution in [0.4, 0.5) is 4.39 Å². The summed E-state index contributed by atoms with van der Waals surface area (Å²) in [5.74, 6) is 0.0576. The van der Waals surface area contributed by atoms with E-state index in [0.29, 0.717) is 32.0 Å². The van der Waals surface area contributed by atoms with Gasteiger partial charge in [-0.15, -0.1) is 11.3 Å². The second kappa shape index (κ2) is 8.20. The molecule has 2 saturated heterocycles. The van der Waals surface area contributed by atoms with E-state index in [0.717, 1.165) is 22.8 Å². The Morgan fingerprint density at radius 2 is 2.00 bits per heavy atom. The van der Waals surface area contributed by atoms with E-state index in [-0.39, 0.29) is 17.6 Å². The van der Waals surface area contributed by atoms with Gasteiger partial charge in [-0.1, -0.05) is 13.8 Å². The van der Waals surface area contributed by atoms with Crippen LogP contribution in [0.5, 0.6) is 0 Å². The summed E-state index contributed by atoms with van der Waals surface area (Å²) >= 11 is 1.55. The van der Waals surface area contributed by atoms with Crippen molar-refractivity contribution < 1.29 is 14.0 Å². The van der Waals surface area contributed by atoms with Crippen molar-refractivity contribution in [2.45, 2.75) is 38.9 Å². The van der Waals surface area contributed by atoms with Crippen LogP contribution in [0.25, 0.3) is 11.3 Å². The number of fused-ring (bicyclic) bond motifs is 1. The molecule has 2 aliphatic heterocycles. The van der Waals surface area contributed by atoms with E-state index < -0.39 is 12.1 Å². The summed E-state index contributed by atoms with van der Waals surface area (Å²) in [6.45, 7) is 6.52. The van der Waals surface area contributed by atoms with Gasteiger partial charge in [0.15, 0.2) is 0 Å². The number of rotatable bonds is 5. The van der Waals surface area contributed by atoms with E-state index in [4.69, 9.17) is 0 Å². The van der Waals surface area contributed by atoms with Crippen molar-refractivity contribution in [2.24, 2.45) is 5.92 Å². The second-order valence-electron chi connectivity index (χ2n) is 8.11.